The fraction of sp³-hybridized carbons (Fsp3) is 0.300. The highest BCUT2D eigenvalue weighted by Crippen LogP contribution is 2.34. The first-order chi connectivity index (χ1) is 13.5. The van der Waals surface area contributed by atoms with Crippen molar-refractivity contribution in [1.82, 2.24) is 20.5 Å². The number of aromatic amines is 1. The van der Waals surface area contributed by atoms with Crippen molar-refractivity contribution in [3.63, 3.8) is 0 Å². The smallest absolute Gasteiger partial charge is 0.272 e. The first-order valence-electron chi connectivity index (χ1n) is 9.15. The predicted octanol–water partition coefficient (Wildman–Crippen LogP) is 3.13. The third kappa shape index (κ3) is 3.57. The number of aromatic nitrogens is 3. The number of nitrogens with zero attached hydrogens (tertiary/aromatic N) is 2. The second-order valence-corrected chi connectivity index (χ2v) is 7.44. The average Bonchev–Trinajstić information content (AvgIpc) is 2.71. The van der Waals surface area contributed by atoms with Gasteiger partial charge >= 0.3 is 0 Å². The quantitative estimate of drug-likeness (QED) is 0.628. The molecule has 0 bridgehead atoms. The molecule has 8 heteroatoms. The maximum absolute atomic E-state index is 12.4. The van der Waals surface area contributed by atoms with E-state index in [-0.39, 0.29) is 34.3 Å². The number of hydrogen-bond acceptors (Lipinski definition) is 5. The van der Waals surface area contributed by atoms with E-state index in [2.05, 4.69) is 20.5 Å². The van der Waals surface area contributed by atoms with Crippen LogP contribution in [0.3, 0.4) is 0 Å². The minimum atomic E-state index is -0.292. The number of hydrogen-bond donors (Lipinski definition) is 3. The van der Waals surface area contributed by atoms with Gasteiger partial charge in [-0.25, -0.2) is 10.1 Å². The summed E-state index contributed by atoms with van der Waals surface area (Å²) in [5, 5.41) is 20.9. The highest BCUT2D eigenvalue weighted by Gasteiger charge is 2.26. The number of amides is 1. The van der Waals surface area contributed by atoms with Crippen molar-refractivity contribution < 1.29 is 9.90 Å². The van der Waals surface area contributed by atoms with Gasteiger partial charge in [-0.05, 0) is 37.8 Å². The van der Waals surface area contributed by atoms with E-state index < -0.39 is 0 Å². The van der Waals surface area contributed by atoms with Gasteiger partial charge in [-0.3, -0.25) is 9.59 Å². The molecule has 0 unspecified atom stereocenters. The summed E-state index contributed by atoms with van der Waals surface area (Å²) < 4.78 is 0. The van der Waals surface area contributed by atoms with Crippen LogP contribution in [-0.2, 0) is 0 Å². The number of H-pyrrole nitrogens is 1. The van der Waals surface area contributed by atoms with Crippen molar-refractivity contribution in [1.29, 1.82) is 0 Å². The van der Waals surface area contributed by atoms with Gasteiger partial charge in [-0.2, -0.15) is 5.10 Å². The average molecular weight is 399 g/mol. The van der Waals surface area contributed by atoms with Crippen LogP contribution in [0.4, 0.5) is 0 Å². The highest BCUT2D eigenvalue weighted by atomic mass is 35.5. The molecule has 0 atom stereocenters. The van der Waals surface area contributed by atoms with E-state index in [9.17, 15) is 14.7 Å². The molecule has 7 nitrogen and oxygen atoms in total. The van der Waals surface area contributed by atoms with Gasteiger partial charge in [0.15, 0.2) is 0 Å². The number of benzene rings is 1. The minimum absolute atomic E-state index is 0.0466. The zero-order valence-electron chi connectivity index (χ0n) is 15.0. The number of rotatable bonds is 3. The Bertz CT molecular complexity index is 1090. The summed E-state index contributed by atoms with van der Waals surface area (Å²) in [6.07, 6.45) is 4.65. The summed E-state index contributed by atoms with van der Waals surface area (Å²) in [5.74, 6) is -0.315. The Morgan fingerprint density at radius 1 is 1.18 bits per heavy atom. The molecule has 2 heterocycles. The second-order valence-electron chi connectivity index (χ2n) is 7.03. The molecular weight excluding hydrogens is 380 g/mol. The molecule has 1 aliphatic rings. The highest BCUT2D eigenvalue weighted by molar-refractivity contribution is 6.32. The number of pyridine rings is 1. The zero-order chi connectivity index (χ0) is 19.7. The van der Waals surface area contributed by atoms with Crippen molar-refractivity contribution in [2.24, 2.45) is 0 Å². The van der Waals surface area contributed by atoms with Gasteiger partial charge in [0.25, 0.3) is 11.5 Å². The SMILES string of the molecule is O=C(N[C@H]1CC[C@H](c2n[nH]c(=O)c3ccccc32)CC1)c1cnc(O)c(Cl)c1. The molecule has 1 amide bonds. The summed E-state index contributed by atoms with van der Waals surface area (Å²) in [4.78, 5) is 28.1. The van der Waals surface area contributed by atoms with Gasteiger partial charge in [0.05, 0.1) is 16.6 Å². The van der Waals surface area contributed by atoms with Crippen LogP contribution >= 0.6 is 11.6 Å². The van der Waals surface area contributed by atoms with Gasteiger partial charge in [-0.15, -0.1) is 0 Å². The third-order valence-electron chi connectivity index (χ3n) is 5.26. The minimum Gasteiger partial charge on any atom is -0.492 e. The summed E-state index contributed by atoms with van der Waals surface area (Å²) in [5.41, 5.74) is 1.05. The number of fused-ring (bicyclic) bond motifs is 1. The molecule has 1 fully saturated rings. The molecule has 144 valence electrons. The van der Waals surface area contributed by atoms with Crippen LogP contribution in [-0.4, -0.2) is 32.2 Å². The standard InChI is InChI=1S/C20H19ClN4O3/c21-16-9-12(10-22-20(16)28)18(26)23-13-7-5-11(6-8-13)17-14-3-1-2-4-15(14)19(27)25-24-17/h1-4,9-11,13H,5-8H2,(H,22,28)(H,23,26)(H,25,27)/t11-,13-. The van der Waals surface area contributed by atoms with Gasteiger partial charge < -0.3 is 10.4 Å². The molecule has 1 aliphatic carbocycles. The van der Waals surface area contributed by atoms with Crippen LogP contribution in [0.2, 0.25) is 5.02 Å². The number of halogens is 1. The third-order valence-corrected chi connectivity index (χ3v) is 5.54. The van der Waals surface area contributed by atoms with Crippen molar-refractivity contribution in [3.05, 3.63) is 63.2 Å². The zero-order valence-corrected chi connectivity index (χ0v) is 15.7. The molecule has 28 heavy (non-hydrogen) atoms. The topological polar surface area (TPSA) is 108 Å². The van der Waals surface area contributed by atoms with E-state index in [1.807, 2.05) is 24.3 Å². The Labute approximate surface area is 165 Å². The summed E-state index contributed by atoms with van der Waals surface area (Å²) in [7, 11) is 0. The fourth-order valence-electron chi connectivity index (χ4n) is 3.78. The number of aromatic hydroxyl groups is 1. The molecule has 1 saturated carbocycles. The summed E-state index contributed by atoms with van der Waals surface area (Å²) >= 11 is 5.82. The molecular formula is C20H19ClN4O3. The Morgan fingerprint density at radius 2 is 1.89 bits per heavy atom. The molecule has 2 aromatic heterocycles. The lowest BCUT2D eigenvalue weighted by Crippen LogP contribution is -2.37. The van der Waals surface area contributed by atoms with Crippen LogP contribution in [0, 0.1) is 0 Å². The van der Waals surface area contributed by atoms with Crippen molar-refractivity contribution >= 4 is 28.3 Å². The molecule has 0 spiro atoms. The lowest BCUT2D eigenvalue weighted by Gasteiger charge is -2.29. The van der Waals surface area contributed by atoms with Crippen LogP contribution in [0.1, 0.15) is 47.7 Å². The van der Waals surface area contributed by atoms with Crippen molar-refractivity contribution in [2.45, 2.75) is 37.6 Å². The molecule has 0 saturated heterocycles. The van der Waals surface area contributed by atoms with E-state index >= 15 is 0 Å². The monoisotopic (exact) mass is 398 g/mol. The van der Waals surface area contributed by atoms with Crippen molar-refractivity contribution in [3.8, 4) is 5.88 Å². The molecule has 3 N–H and O–H groups in total. The van der Waals surface area contributed by atoms with Crippen molar-refractivity contribution in [2.75, 3.05) is 0 Å². The maximum Gasteiger partial charge on any atom is 0.272 e. The first-order valence-corrected chi connectivity index (χ1v) is 9.53. The van der Waals surface area contributed by atoms with E-state index in [0.29, 0.717) is 10.9 Å². The van der Waals surface area contributed by atoms with E-state index in [1.54, 1.807) is 0 Å². The summed E-state index contributed by atoms with van der Waals surface area (Å²) in [6.45, 7) is 0. The van der Waals surface area contributed by atoms with E-state index in [1.165, 1.54) is 12.3 Å². The lowest BCUT2D eigenvalue weighted by atomic mass is 9.82. The Morgan fingerprint density at radius 3 is 2.61 bits per heavy atom. The number of carbonyl (C=O) groups is 1. The second kappa shape index (κ2) is 7.59. The molecule has 0 aliphatic heterocycles. The van der Waals surface area contributed by atoms with Crippen LogP contribution in [0.25, 0.3) is 10.8 Å². The number of nitrogens with one attached hydrogen (secondary N) is 2. The summed E-state index contributed by atoms with van der Waals surface area (Å²) in [6, 6.07) is 8.95. The van der Waals surface area contributed by atoms with Gasteiger partial charge in [0.2, 0.25) is 5.88 Å². The molecule has 3 aromatic rings. The van der Waals surface area contributed by atoms with Gasteiger partial charge in [0.1, 0.15) is 5.02 Å². The maximum atomic E-state index is 12.4. The normalized spacial score (nSPS) is 19.5. The van der Waals surface area contributed by atoms with Gasteiger partial charge in [0, 0.05) is 23.5 Å². The number of carbonyl (C=O) groups excluding carboxylic acids is 1. The molecule has 1 aromatic carbocycles. The van der Waals surface area contributed by atoms with Crippen LogP contribution in [0.15, 0.2) is 41.3 Å². The Hall–Kier alpha value is -2.93. The predicted molar refractivity (Wildman–Crippen MR) is 106 cm³/mol. The Balaban J connectivity index is 1.44. The lowest BCUT2D eigenvalue weighted by molar-refractivity contribution is 0.0925. The van der Waals surface area contributed by atoms with E-state index in [4.69, 9.17) is 11.6 Å². The molecule has 4 rings (SSSR count). The van der Waals surface area contributed by atoms with Crippen LogP contribution < -0.4 is 10.9 Å². The largest absolute Gasteiger partial charge is 0.492 e. The van der Waals surface area contributed by atoms with Crippen LogP contribution in [0.5, 0.6) is 5.88 Å². The van der Waals surface area contributed by atoms with Gasteiger partial charge in [-0.1, -0.05) is 29.8 Å². The first kappa shape index (κ1) is 18.4. The van der Waals surface area contributed by atoms with E-state index in [0.717, 1.165) is 36.8 Å². The molecule has 0 radical (unpaired) electrons. The fourth-order valence-corrected chi connectivity index (χ4v) is 3.95. The Kier molecular flexibility index (Phi) is 5.00.